The van der Waals surface area contributed by atoms with E-state index in [9.17, 15) is 4.79 Å². The van der Waals surface area contributed by atoms with Crippen molar-refractivity contribution in [2.24, 2.45) is 5.92 Å². The van der Waals surface area contributed by atoms with Gasteiger partial charge in [0.25, 0.3) is 0 Å². The second kappa shape index (κ2) is 5.80. The Morgan fingerprint density at radius 2 is 2.06 bits per heavy atom. The third-order valence-corrected chi connectivity index (χ3v) is 3.62. The van der Waals surface area contributed by atoms with Gasteiger partial charge in [-0.3, -0.25) is 0 Å². The van der Waals surface area contributed by atoms with E-state index in [1.54, 1.807) is 6.07 Å². The van der Waals surface area contributed by atoms with Gasteiger partial charge in [-0.1, -0.05) is 19.3 Å². The van der Waals surface area contributed by atoms with Crippen molar-refractivity contribution in [3.63, 3.8) is 0 Å². The number of hydrogen-bond donors (Lipinski definition) is 2. The Hall–Kier alpha value is -1.65. The topological polar surface area (TPSA) is 75.1 Å². The van der Waals surface area contributed by atoms with Crippen molar-refractivity contribution >= 4 is 11.8 Å². The molecule has 1 aliphatic carbocycles. The zero-order valence-electron chi connectivity index (χ0n) is 10.6. The molecule has 5 heteroatoms. The summed E-state index contributed by atoms with van der Waals surface area (Å²) in [6.45, 7) is 2.16. The van der Waals surface area contributed by atoms with E-state index in [4.69, 9.17) is 5.11 Å². The summed E-state index contributed by atoms with van der Waals surface area (Å²) in [7, 11) is 0. The summed E-state index contributed by atoms with van der Waals surface area (Å²) < 4.78 is 0. The zero-order chi connectivity index (χ0) is 13.0. The van der Waals surface area contributed by atoms with Gasteiger partial charge in [-0.25, -0.2) is 4.79 Å². The summed E-state index contributed by atoms with van der Waals surface area (Å²) in [6, 6.07) is 3.51. The third kappa shape index (κ3) is 3.18. The first-order chi connectivity index (χ1) is 8.66. The average molecular weight is 249 g/mol. The molecule has 18 heavy (non-hydrogen) atoms. The predicted molar refractivity (Wildman–Crippen MR) is 68.7 cm³/mol. The second-order valence-electron chi connectivity index (χ2n) is 4.94. The fourth-order valence-corrected chi connectivity index (χ4v) is 2.51. The lowest BCUT2D eigenvalue weighted by atomic mass is 9.84. The van der Waals surface area contributed by atoms with Crippen molar-refractivity contribution in [3.8, 4) is 0 Å². The van der Waals surface area contributed by atoms with E-state index in [2.05, 4.69) is 22.4 Å². The molecule has 0 amide bonds. The number of aromatic carboxylic acids is 1. The minimum absolute atomic E-state index is 0.0223. The molecule has 0 aliphatic heterocycles. The van der Waals surface area contributed by atoms with Crippen molar-refractivity contribution in [2.75, 3.05) is 5.32 Å². The van der Waals surface area contributed by atoms with Gasteiger partial charge in [0.1, 0.15) is 5.82 Å². The van der Waals surface area contributed by atoms with Crippen molar-refractivity contribution in [2.45, 2.75) is 45.1 Å². The highest BCUT2D eigenvalue weighted by Gasteiger charge is 2.20. The number of anilines is 1. The van der Waals surface area contributed by atoms with Crippen LogP contribution in [0.25, 0.3) is 0 Å². The van der Waals surface area contributed by atoms with Crippen LogP contribution in [-0.2, 0) is 0 Å². The smallest absolute Gasteiger partial charge is 0.356 e. The Balaban J connectivity index is 1.93. The lowest BCUT2D eigenvalue weighted by molar-refractivity contribution is 0.0689. The summed E-state index contributed by atoms with van der Waals surface area (Å²) in [4.78, 5) is 10.7. The van der Waals surface area contributed by atoms with Crippen LogP contribution in [0.5, 0.6) is 0 Å². The van der Waals surface area contributed by atoms with Crippen LogP contribution in [0, 0.1) is 5.92 Å². The molecule has 2 N–H and O–H groups in total. The highest BCUT2D eigenvalue weighted by atomic mass is 16.4. The van der Waals surface area contributed by atoms with Crippen LogP contribution in [0.3, 0.4) is 0 Å². The van der Waals surface area contributed by atoms with Crippen LogP contribution in [0.2, 0.25) is 0 Å². The third-order valence-electron chi connectivity index (χ3n) is 3.62. The molecule has 1 aliphatic rings. The standard InChI is InChI=1S/C13H19N3O2/c1-9(10-5-3-2-4-6-10)14-12-8-7-11(13(17)18)15-16-12/h7-10H,2-6H2,1H3,(H,14,16)(H,17,18). The first kappa shape index (κ1) is 12.8. The molecule has 1 aromatic rings. The molecule has 2 rings (SSSR count). The van der Waals surface area contributed by atoms with Crippen LogP contribution in [0.4, 0.5) is 5.82 Å². The molecule has 1 saturated carbocycles. The molecule has 1 heterocycles. The maximum absolute atomic E-state index is 10.7. The Morgan fingerprint density at radius 1 is 1.33 bits per heavy atom. The molecule has 0 radical (unpaired) electrons. The second-order valence-corrected chi connectivity index (χ2v) is 4.94. The zero-order valence-corrected chi connectivity index (χ0v) is 10.6. The van der Waals surface area contributed by atoms with Crippen LogP contribution >= 0.6 is 0 Å². The van der Waals surface area contributed by atoms with Gasteiger partial charge >= 0.3 is 5.97 Å². The van der Waals surface area contributed by atoms with Gasteiger partial charge in [-0.15, -0.1) is 10.2 Å². The summed E-state index contributed by atoms with van der Waals surface area (Å²) in [6.07, 6.45) is 6.47. The summed E-state index contributed by atoms with van der Waals surface area (Å²) in [5.41, 5.74) is -0.0223. The molecule has 0 spiro atoms. The number of rotatable bonds is 4. The molecular formula is C13H19N3O2. The van der Waals surface area contributed by atoms with Crippen molar-refractivity contribution in [3.05, 3.63) is 17.8 Å². The lowest BCUT2D eigenvalue weighted by Gasteiger charge is -2.28. The highest BCUT2D eigenvalue weighted by Crippen LogP contribution is 2.27. The number of carbonyl (C=O) groups is 1. The van der Waals surface area contributed by atoms with E-state index in [0.29, 0.717) is 17.8 Å². The largest absolute Gasteiger partial charge is 0.476 e. The molecule has 0 bridgehead atoms. The highest BCUT2D eigenvalue weighted by molar-refractivity contribution is 5.85. The number of nitrogens with one attached hydrogen (secondary N) is 1. The van der Waals surface area contributed by atoms with Gasteiger partial charge in [0, 0.05) is 6.04 Å². The van der Waals surface area contributed by atoms with E-state index in [-0.39, 0.29) is 5.69 Å². The van der Waals surface area contributed by atoms with Gasteiger partial charge in [0.15, 0.2) is 5.69 Å². The maximum atomic E-state index is 10.7. The van der Waals surface area contributed by atoms with Crippen LogP contribution in [0.15, 0.2) is 12.1 Å². The van der Waals surface area contributed by atoms with Crippen molar-refractivity contribution in [1.29, 1.82) is 0 Å². The van der Waals surface area contributed by atoms with Crippen LogP contribution in [-0.4, -0.2) is 27.3 Å². The van der Waals surface area contributed by atoms with Gasteiger partial charge in [0.05, 0.1) is 0 Å². The van der Waals surface area contributed by atoms with Crippen LogP contribution < -0.4 is 5.32 Å². The fraction of sp³-hybridized carbons (Fsp3) is 0.615. The number of hydrogen-bond acceptors (Lipinski definition) is 4. The maximum Gasteiger partial charge on any atom is 0.356 e. The molecule has 1 unspecified atom stereocenters. The Kier molecular flexibility index (Phi) is 4.12. The molecule has 98 valence electrons. The number of carboxylic acids is 1. The molecule has 1 aromatic heterocycles. The van der Waals surface area contributed by atoms with Gasteiger partial charge in [-0.05, 0) is 37.8 Å². The van der Waals surface area contributed by atoms with E-state index in [1.807, 2.05) is 0 Å². The number of carboxylic acid groups (broad SMARTS) is 1. The molecular weight excluding hydrogens is 230 g/mol. The normalized spacial score (nSPS) is 18.3. The minimum Gasteiger partial charge on any atom is -0.476 e. The van der Waals surface area contributed by atoms with E-state index in [0.717, 1.165) is 0 Å². The summed E-state index contributed by atoms with van der Waals surface area (Å²) >= 11 is 0. The molecule has 1 fully saturated rings. The number of aromatic nitrogens is 2. The average Bonchev–Trinajstić information content (AvgIpc) is 2.40. The van der Waals surface area contributed by atoms with E-state index < -0.39 is 5.97 Å². The predicted octanol–water partition coefficient (Wildman–Crippen LogP) is 2.56. The van der Waals surface area contributed by atoms with Gasteiger partial charge < -0.3 is 10.4 Å². The first-order valence-electron chi connectivity index (χ1n) is 6.50. The molecule has 0 saturated heterocycles. The molecule has 0 aromatic carbocycles. The molecule has 1 atom stereocenters. The summed E-state index contributed by atoms with van der Waals surface area (Å²) in [5, 5.41) is 19.6. The van der Waals surface area contributed by atoms with Gasteiger partial charge in [0.2, 0.25) is 0 Å². The van der Waals surface area contributed by atoms with E-state index >= 15 is 0 Å². The Labute approximate surface area is 107 Å². The summed E-state index contributed by atoms with van der Waals surface area (Å²) in [5.74, 6) is 0.284. The van der Waals surface area contributed by atoms with Crippen LogP contribution in [0.1, 0.15) is 49.5 Å². The fourth-order valence-electron chi connectivity index (χ4n) is 2.51. The number of nitrogens with zero attached hydrogens (tertiary/aromatic N) is 2. The van der Waals surface area contributed by atoms with Gasteiger partial charge in [-0.2, -0.15) is 0 Å². The SMILES string of the molecule is CC(Nc1ccc(C(=O)O)nn1)C1CCCCC1. The monoisotopic (exact) mass is 249 g/mol. The lowest BCUT2D eigenvalue weighted by Crippen LogP contribution is -2.28. The van der Waals surface area contributed by atoms with Crippen molar-refractivity contribution < 1.29 is 9.90 Å². The Morgan fingerprint density at radius 3 is 2.61 bits per heavy atom. The van der Waals surface area contributed by atoms with Crippen molar-refractivity contribution in [1.82, 2.24) is 10.2 Å². The minimum atomic E-state index is -1.05. The quantitative estimate of drug-likeness (QED) is 0.857. The molecule has 5 nitrogen and oxygen atoms in total. The Bertz CT molecular complexity index is 399. The first-order valence-corrected chi connectivity index (χ1v) is 6.50. The van der Waals surface area contributed by atoms with E-state index in [1.165, 1.54) is 38.2 Å².